The lowest BCUT2D eigenvalue weighted by atomic mass is 9.85. The summed E-state index contributed by atoms with van der Waals surface area (Å²) in [6.45, 7) is 6.29. The molecule has 0 spiro atoms. The second-order valence-corrected chi connectivity index (χ2v) is 7.10. The summed E-state index contributed by atoms with van der Waals surface area (Å²) in [7, 11) is 0. The molecule has 1 aromatic carbocycles. The summed E-state index contributed by atoms with van der Waals surface area (Å²) in [5.74, 6) is -0.352. The number of carbonyl (C=O) groups is 1. The van der Waals surface area contributed by atoms with Gasteiger partial charge in [-0.05, 0) is 23.5 Å². The first-order valence-corrected chi connectivity index (χ1v) is 8.35. The van der Waals surface area contributed by atoms with Crippen LogP contribution in [-0.2, 0) is 6.54 Å². The molecule has 2 rings (SSSR count). The van der Waals surface area contributed by atoms with Crippen LogP contribution in [0.2, 0.25) is 0 Å². The van der Waals surface area contributed by atoms with Crippen LogP contribution in [0.4, 0.5) is 0 Å². The van der Waals surface area contributed by atoms with E-state index in [1.807, 2.05) is 51.1 Å². The van der Waals surface area contributed by atoms with Crippen molar-refractivity contribution >= 4 is 5.91 Å². The van der Waals surface area contributed by atoms with Crippen molar-refractivity contribution in [3.05, 3.63) is 64.1 Å². The van der Waals surface area contributed by atoms with Gasteiger partial charge in [-0.3, -0.25) is 9.59 Å². The van der Waals surface area contributed by atoms with Crippen molar-refractivity contribution in [2.75, 3.05) is 6.61 Å². The van der Waals surface area contributed by atoms with Gasteiger partial charge in [-0.25, -0.2) is 4.68 Å². The van der Waals surface area contributed by atoms with Crippen LogP contribution in [0.25, 0.3) is 0 Å². The molecule has 2 N–H and O–H groups in total. The van der Waals surface area contributed by atoms with Crippen LogP contribution in [0.15, 0.2) is 47.3 Å². The molecule has 0 saturated heterocycles. The molecule has 2 aromatic rings. The molecule has 0 aliphatic heterocycles. The van der Waals surface area contributed by atoms with Gasteiger partial charge in [0.2, 0.25) is 0 Å². The fourth-order valence-electron chi connectivity index (χ4n) is 2.52. The van der Waals surface area contributed by atoms with E-state index in [4.69, 9.17) is 0 Å². The van der Waals surface area contributed by atoms with Crippen LogP contribution >= 0.6 is 0 Å². The molecule has 1 amide bonds. The lowest BCUT2D eigenvalue weighted by Gasteiger charge is -2.31. The van der Waals surface area contributed by atoms with Gasteiger partial charge in [-0.15, -0.1) is 0 Å². The Morgan fingerprint density at radius 2 is 1.88 bits per heavy atom. The molecular weight excluding hydrogens is 318 g/mol. The zero-order valence-electron chi connectivity index (χ0n) is 14.9. The third-order valence-electron chi connectivity index (χ3n) is 4.04. The minimum atomic E-state index is -0.352. The van der Waals surface area contributed by atoms with Crippen LogP contribution in [0, 0.1) is 5.41 Å². The number of aliphatic hydroxyl groups excluding tert-OH is 1. The van der Waals surface area contributed by atoms with E-state index >= 15 is 0 Å². The second kappa shape index (κ2) is 8.07. The first-order chi connectivity index (χ1) is 11.8. The van der Waals surface area contributed by atoms with E-state index < -0.39 is 0 Å². The molecule has 0 fully saturated rings. The maximum absolute atomic E-state index is 12.5. The number of aromatic nitrogens is 2. The number of hydrogen-bond donors (Lipinski definition) is 2. The van der Waals surface area contributed by atoms with Crippen LogP contribution in [0.3, 0.4) is 0 Å². The van der Waals surface area contributed by atoms with Crippen molar-refractivity contribution in [3.63, 3.8) is 0 Å². The van der Waals surface area contributed by atoms with E-state index in [2.05, 4.69) is 10.4 Å². The molecule has 1 unspecified atom stereocenters. The fourth-order valence-corrected chi connectivity index (χ4v) is 2.52. The molecule has 1 heterocycles. The molecule has 0 bridgehead atoms. The number of aliphatic hydroxyl groups is 1. The standard InChI is InChI=1S/C19H25N3O3/c1-19(2,3)16(11-12-23)20-18(25)15-9-10-17(24)22(21-15)13-14-7-5-4-6-8-14/h4-10,16,23H,11-13H2,1-3H3,(H,20,25). The van der Waals surface area contributed by atoms with Gasteiger partial charge in [0.05, 0.1) is 6.54 Å². The molecule has 0 radical (unpaired) electrons. The summed E-state index contributed by atoms with van der Waals surface area (Å²) in [4.78, 5) is 24.5. The molecule has 25 heavy (non-hydrogen) atoms. The van der Waals surface area contributed by atoms with E-state index in [1.54, 1.807) is 0 Å². The largest absolute Gasteiger partial charge is 0.396 e. The number of rotatable bonds is 6. The Bertz CT molecular complexity index is 763. The lowest BCUT2D eigenvalue weighted by molar-refractivity contribution is 0.0877. The summed E-state index contributed by atoms with van der Waals surface area (Å²) in [5.41, 5.74) is 0.657. The predicted molar refractivity (Wildman–Crippen MR) is 96.5 cm³/mol. The predicted octanol–water partition coefficient (Wildman–Crippen LogP) is 1.82. The zero-order chi connectivity index (χ0) is 18.4. The highest BCUT2D eigenvalue weighted by Crippen LogP contribution is 2.21. The van der Waals surface area contributed by atoms with Crippen LogP contribution in [0.5, 0.6) is 0 Å². The molecule has 6 heteroatoms. The van der Waals surface area contributed by atoms with E-state index in [0.29, 0.717) is 13.0 Å². The van der Waals surface area contributed by atoms with Crippen molar-refractivity contribution < 1.29 is 9.90 Å². The Morgan fingerprint density at radius 3 is 2.48 bits per heavy atom. The maximum Gasteiger partial charge on any atom is 0.271 e. The van der Waals surface area contributed by atoms with E-state index in [9.17, 15) is 14.7 Å². The van der Waals surface area contributed by atoms with Crippen LogP contribution < -0.4 is 10.9 Å². The van der Waals surface area contributed by atoms with Crippen molar-refractivity contribution in [3.8, 4) is 0 Å². The summed E-state index contributed by atoms with van der Waals surface area (Å²) in [5, 5.41) is 16.3. The van der Waals surface area contributed by atoms with Gasteiger partial charge >= 0.3 is 0 Å². The van der Waals surface area contributed by atoms with Crippen molar-refractivity contribution in [1.29, 1.82) is 0 Å². The summed E-state index contributed by atoms with van der Waals surface area (Å²) in [6, 6.07) is 12.1. The van der Waals surface area contributed by atoms with Gasteiger partial charge in [0.15, 0.2) is 0 Å². The number of nitrogens with zero attached hydrogens (tertiary/aromatic N) is 2. The molecule has 0 aliphatic rings. The highest BCUT2D eigenvalue weighted by atomic mass is 16.3. The summed E-state index contributed by atoms with van der Waals surface area (Å²) in [6.07, 6.45) is 0.457. The number of hydrogen-bond acceptors (Lipinski definition) is 4. The van der Waals surface area contributed by atoms with E-state index in [1.165, 1.54) is 16.8 Å². The van der Waals surface area contributed by atoms with Crippen molar-refractivity contribution in [2.45, 2.75) is 39.8 Å². The topological polar surface area (TPSA) is 84.2 Å². The Labute approximate surface area is 147 Å². The lowest BCUT2D eigenvalue weighted by Crippen LogP contribution is -2.45. The molecular formula is C19H25N3O3. The summed E-state index contributed by atoms with van der Waals surface area (Å²) < 4.78 is 1.28. The first kappa shape index (κ1) is 18.9. The van der Waals surface area contributed by atoms with Gasteiger partial charge in [-0.2, -0.15) is 5.10 Å². The smallest absolute Gasteiger partial charge is 0.271 e. The molecule has 6 nitrogen and oxygen atoms in total. The summed E-state index contributed by atoms with van der Waals surface area (Å²) >= 11 is 0. The molecule has 1 atom stereocenters. The normalized spacial score (nSPS) is 12.6. The highest BCUT2D eigenvalue weighted by molar-refractivity contribution is 5.92. The SMILES string of the molecule is CC(C)(C)C(CCO)NC(=O)c1ccc(=O)n(Cc2ccccc2)n1. The van der Waals surface area contributed by atoms with Crippen LogP contribution in [-0.4, -0.2) is 33.4 Å². The number of carbonyl (C=O) groups excluding carboxylic acids is 1. The Morgan fingerprint density at radius 1 is 1.20 bits per heavy atom. The Kier molecular flexibility index (Phi) is 6.09. The molecule has 1 aromatic heterocycles. The van der Waals surface area contributed by atoms with Gasteiger partial charge < -0.3 is 10.4 Å². The van der Waals surface area contributed by atoms with Gasteiger partial charge in [0.25, 0.3) is 11.5 Å². The van der Waals surface area contributed by atoms with Gasteiger partial charge in [-0.1, -0.05) is 51.1 Å². The highest BCUT2D eigenvalue weighted by Gasteiger charge is 2.26. The minimum absolute atomic E-state index is 0.0108. The van der Waals surface area contributed by atoms with Crippen LogP contribution in [0.1, 0.15) is 43.2 Å². The average molecular weight is 343 g/mol. The molecule has 134 valence electrons. The minimum Gasteiger partial charge on any atom is -0.396 e. The molecule has 0 aliphatic carbocycles. The van der Waals surface area contributed by atoms with E-state index in [-0.39, 0.29) is 35.2 Å². The first-order valence-electron chi connectivity index (χ1n) is 8.35. The zero-order valence-corrected chi connectivity index (χ0v) is 14.9. The van der Waals surface area contributed by atoms with E-state index in [0.717, 1.165) is 5.56 Å². The quantitative estimate of drug-likeness (QED) is 0.838. The number of benzene rings is 1. The number of amides is 1. The Hall–Kier alpha value is -2.47. The number of nitrogens with one attached hydrogen (secondary N) is 1. The van der Waals surface area contributed by atoms with Crippen molar-refractivity contribution in [1.82, 2.24) is 15.1 Å². The third-order valence-corrected chi connectivity index (χ3v) is 4.04. The Balaban J connectivity index is 2.20. The second-order valence-electron chi connectivity index (χ2n) is 7.10. The van der Waals surface area contributed by atoms with Gasteiger partial charge in [0, 0.05) is 18.7 Å². The third kappa shape index (κ3) is 5.26. The average Bonchev–Trinajstić information content (AvgIpc) is 2.56. The monoisotopic (exact) mass is 343 g/mol. The fraction of sp³-hybridized carbons (Fsp3) is 0.421. The van der Waals surface area contributed by atoms with Gasteiger partial charge in [0.1, 0.15) is 5.69 Å². The molecule has 0 saturated carbocycles. The maximum atomic E-state index is 12.5. The van der Waals surface area contributed by atoms with Crippen molar-refractivity contribution in [2.24, 2.45) is 5.41 Å².